The third-order valence-electron chi connectivity index (χ3n) is 2.76. The molecule has 0 saturated heterocycles. The van der Waals surface area contributed by atoms with Crippen LogP contribution in [-0.2, 0) is 13.5 Å². The van der Waals surface area contributed by atoms with E-state index in [2.05, 4.69) is 20.0 Å². The molecule has 0 spiro atoms. The molecule has 0 aliphatic rings. The number of rotatable bonds is 4. The minimum Gasteiger partial charge on any atom is -0.311 e. The number of nitrogens with one attached hydrogen (secondary N) is 1. The average molecular weight is 272 g/mol. The zero-order valence-electron chi connectivity index (χ0n) is 9.94. The molecule has 1 N–H and O–H groups in total. The number of halogens is 1. The van der Waals surface area contributed by atoms with Crippen LogP contribution in [0.2, 0.25) is 5.15 Å². The lowest BCUT2D eigenvalue weighted by Crippen LogP contribution is -2.19. The maximum Gasteiger partial charge on any atom is 0.130 e. The molecular formula is C10H14ClN5S. The summed E-state index contributed by atoms with van der Waals surface area (Å²) in [4.78, 5) is 0. The Labute approximate surface area is 109 Å². The van der Waals surface area contributed by atoms with Crippen LogP contribution < -0.4 is 5.32 Å². The lowest BCUT2D eigenvalue weighted by Gasteiger charge is -2.12. The molecule has 1 unspecified atom stereocenters. The van der Waals surface area contributed by atoms with E-state index in [0.717, 1.165) is 23.4 Å². The molecule has 2 aromatic rings. The van der Waals surface area contributed by atoms with Crippen molar-refractivity contribution < 1.29 is 0 Å². The maximum absolute atomic E-state index is 6.22. The number of aryl methyl sites for hydroxylation is 2. The highest BCUT2D eigenvalue weighted by atomic mass is 35.5. The third kappa shape index (κ3) is 2.48. The third-order valence-corrected chi connectivity index (χ3v) is 3.76. The predicted molar refractivity (Wildman–Crippen MR) is 68.4 cm³/mol. The second-order valence-electron chi connectivity index (χ2n) is 3.85. The van der Waals surface area contributed by atoms with Crippen molar-refractivity contribution in [2.45, 2.75) is 19.4 Å². The van der Waals surface area contributed by atoms with Crippen molar-refractivity contribution >= 4 is 23.1 Å². The first-order chi connectivity index (χ1) is 8.13. The quantitative estimate of drug-likeness (QED) is 0.920. The summed E-state index contributed by atoms with van der Waals surface area (Å²) in [6, 6.07) is 0.120. The monoisotopic (exact) mass is 271 g/mol. The van der Waals surface area contributed by atoms with Crippen LogP contribution in [0.4, 0.5) is 0 Å². The molecule has 0 aromatic carbocycles. The molecule has 17 heavy (non-hydrogen) atoms. The minimum atomic E-state index is 0.120. The lowest BCUT2D eigenvalue weighted by molar-refractivity contribution is 0.573. The Morgan fingerprint density at radius 1 is 1.59 bits per heavy atom. The molecule has 0 amide bonds. The molecule has 1 atom stereocenters. The second kappa shape index (κ2) is 5.12. The van der Waals surface area contributed by atoms with Crippen molar-refractivity contribution in [3.8, 4) is 0 Å². The summed E-state index contributed by atoms with van der Waals surface area (Å²) in [7, 11) is 3.75. The first-order valence-electron chi connectivity index (χ1n) is 5.25. The van der Waals surface area contributed by atoms with Gasteiger partial charge in [-0.25, -0.2) is 0 Å². The van der Waals surface area contributed by atoms with Gasteiger partial charge in [-0.15, -0.1) is 5.10 Å². The Morgan fingerprint density at radius 3 is 2.82 bits per heavy atom. The summed E-state index contributed by atoms with van der Waals surface area (Å²) in [5.74, 6) is 0. The number of hydrogen-bond acceptors (Lipinski definition) is 5. The summed E-state index contributed by atoms with van der Waals surface area (Å²) in [6.45, 7) is 1.97. The molecule has 0 bridgehead atoms. The molecule has 0 aliphatic carbocycles. The van der Waals surface area contributed by atoms with E-state index in [-0.39, 0.29) is 6.04 Å². The molecule has 5 nitrogen and oxygen atoms in total. The average Bonchev–Trinajstić information content (AvgIpc) is 2.89. The summed E-state index contributed by atoms with van der Waals surface area (Å²) in [6.07, 6.45) is 0.764. The normalized spacial score (nSPS) is 12.9. The van der Waals surface area contributed by atoms with Gasteiger partial charge in [0.2, 0.25) is 0 Å². The van der Waals surface area contributed by atoms with Gasteiger partial charge in [-0.2, -0.15) is 5.10 Å². The van der Waals surface area contributed by atoms with Gasteiger partial charge in [-0.3, -0.25) is 4.68 Å². The number of aromatic nitrogens is 4. The molecule has 92 valence electrons. The van der Waals surface area contributed by atoms with Crippen LogP contribution in [-0.4, -0.2) is 26.4 Å². The Balaban J connectivity index is 2.24. The van der Waals surface area contributed by atoms with Crippen molar-refractivity contribution in [1.29, 1.82) is 0 Å². The molecule has 7 heteroatoms. The Morgan fingerprint density at radius 2 is 2.35 bits per heavy atom. The highest BCUT2D eigenvalue weighted by Gasteiger charge is 2.19. The molecule has 2 aromatic heterocycles. The second-order valence-corrected chi connectivity index (χ2v) is 4.82. The summed E-state index contributed by atoms with van der Waals surface area (Å²) in [5.41, 5.74) is 2.96. The Kier molecular flexibility index (Phi) is 3.76. The van der Waals surface area contributed by atoms with E-state index < -0.39 is 0 Å². The topological polar surface area (TPSA) is 55.6 Å². The largest absolute Gasteiger partial charge is 0.311 e. The summed E-state index contributed by atoms with van der Waals surface area (Å²) >= 11 is 7.57. The van der Waals surface area contributed by atoms with Gasteiger partial charge in [0.05, 0.1) is 17.4 Å². The molecule has 0 fully saturated rings. The molecule has 2 rings (SSSR count). The van der Waals surface area contributed by atoms with E-state index in [1.165, 1.54) is 11.5 Å². The van der Waals surface area contributed by atoms with Crippen LogP contribution >= 0.6 is 23.1 Å². The zero-order chi connectivity index (χ0) is 12.4. The number of nitrogens with zero attached hydrogens (tertiary/aromatic N) is 4. The van der Waals surface area contributed by atoms with Crippen molar-refractivity contribution in [3.63, 3.8) is 0 Å². The van der Waals surface area contributed by atoms with Crippen molar-refractivity contribution in [2.24, 2.45) is 7.05 Å². The summed E-state index contributed by atoms with van der Waals surface area (Å²) < 4.78 is 5.57. The van der Waals surface area contributed by atoms with Crippen LogP contribution in [0.5, 0.6) is 0 Å². The fourth-order valence-electron chi connectivity index (χ4n) is 1.79. The van der Waals surface area contributed by atoms with Gasteiger partial charge in [-0.1, -0.05) is 16.1 Å². The fraction of sp³-hybridized carbons (Fsp3) is 0.500. The van der Waals surface area contributed by atoms with Gasteiger partial charge in [0.15, 0.2) is 0 Å². The van der Waals surface area contributed by atoms with E-state index in [0.29, 0.717) is 5.15 Å². The van der Waals surface area contributed by atoms with E-state index in [4.69, 9.17) is 11.6 Å². The van der Waals surface area contributed by atoms with E-state index >= 15 is 0 Å². The van der Waals surface area contributed by atoms with Crippen molar-refractivity contribution in [2.75, 3.05) is 7.05 Å². The SMILES string of the molecule is CNC(Cc1c(C)nn(C)c1Cl)c1csnn1. The molecule has 0 radical (unpaired) electrons. The fourth-order valence-corrected chi connectivity index (χ4v) is 2.55. The van der Waals surface area contributed by atoms with Crippen molar-refractivity contribution in [1.82, 2.24) is 24.7 Å². The van der Waals surface area contributed by atoms with Gasteiger partial charge >= 0.3 is 0 Å². The van der Waals surface area contributed by atoms with Crippen LogP contribution in [0, 0.1) is 6.92 Å². The van der Waals surface area contributed by atoms with E-state index in [1.54, 1.807) is 4.68 Å². The highest BCUT2D eigenvalue weighted by Crippen LogP contribution is 2.25. The zero-order valence-corrected chi connectivity index (χ0v) is 11.5. The van der Waals surface area contributed by atoms with Crippen LogP contribution in [0.1, 0.15) is 23.0 Å². The standard InChI is InChI=1S/C10H14ClN5S/c1-6-7(10(11)16(3)14-6)4-8(12-2)9-5-17-15-13-9/h5,8,12H,4H2,1-3H3. The maximum atomic E-state index is 6.22. The minimum absolute atomic E-state index is 0.120. The Hall–Kier alpha value is -0.980. The number of hydrogen-bond donors (Lipinski definition) is 1. The molecule has 2 heterocycles. The number of likely N-dealkylation sites (N-methyl/N-ethyl adjacent to an activating group) is 1. The summed E-state index contributed by atoms with van der Waals surface area (Å²) in [5, 5.41) is 14.2. The van der Waals surface area contributed by atoms with Gasteiger partial charge in [0.1, 0.15) is 5.15 Å². The van der Waals surface area contributed by atoms with Crippen molar-refractivity contribution in [3.05, 3.63) is 27.5 Å². The van der Waals surface area contributed by atoms with Crippen LogP contribution in [0.15, 0.2) is 5.38 Å². The smallest absolute Gasteiger partial charge is 0.130 e. The first kappa shape index (κ1) is 12.5. The molecule has 0 aliphatic heterocycles. The molecular weight excluding hydrogens is 258 g/mol. The van der Waals surface area contributed by atoms with Gasteiger partial charge in [0.25, 0.3) is 0 Å². The van der Waals surface area contributed by atoms with Gasteiger partial charge in [0, 0.05) is 18.0 Å². The lowest BCUT2D eigenvalue weighted by atomic mass is 10.1. The highest BCUT2D eigenvalue weighted by molar-refractivity contribution is 7.03. The first-order valence-corrected chi connectivity index (χ1v) is 6.47. The van der Waals surface area contributed by atoms with Crippen LogP contribution in [0.25, 0.3) is 0 Å². The molecule has 0 saturated carbocycles. The predicted octanol–water partition coefficient (Wildman–Crippen LogP) is 1.74. The van der Waals surface area contributed by atoms with E-state index in [1.807, 2.05) is 26.4 Å². The van der Waals surface area contributed by atoms with Gasteiger partial charge in [-0.05, 0) is 31.9 Å². The van der Waals surface area contributed by atoms with Gasteiger partial charge < -0.3 is 5.32 Å². The van der Waals surface area contributed by atoms with E-state index in [9.17, 15) is 0 Å². The Bertz CT molecular complexity index is 493. The van der Waals surface area contributed by atoms with Crippen LogP contribution in [0.3, 0.4) is 0 Å².